The molecule has 0 fully saturated rings. The molecule has 82 valence electrons. The van der Waals surface area contributed by atoms with Gasteiger partial charge in [-0.25, -0.2) is 0 Å². The summed E-state index contributed by atoms with van der Waals surface area (Å²) >= 11 is 0. The normalized spacial score (nSPS) is 13.6. The number of amides is 2. The average molecular weight is 224 g/mol. The zero-order chi connectivity index (χ0) is 11.4. The number of carbonyl (C=O) groups excluding carboxylic acids is 2. The first kappa shape index (κ1) is 13.1. The molecule has 2 amide bonds. The maximum Gasteiger partial charge on any atom is 0.337 e. The van der Waals surface area contributed by atoms with Gasteiger partial charge in [0, 0.05) is 6.42 Å². The van der Waals surface area contributed by atoms with Gasteiger partial charge in [-0.3, -0.25) is 14.2 Å². The van der Waals surface area contributed by atoms with E-state index in [-0.39, 0.29) is 19.3 Å². The van der Waals surface area contributed by atoms with Crippen LogP contribution < -0.4 is 11.5 Å². The van der Waals surface area contributed by atoms with E-state index in [1.807, 2.05) is 0 Å². The standard InChI is InChI=1S/C6H13N2O5P/c7-5(9)3-1-2-4(6(8)10)14(11,12)13/h4H,1-3H2,(H2,7,9)(H2,8,10)(H2,11,12,13). The van der Waals surface area contributed by atoms with Crippen molar-refractivity contribution in [1.29, 1.82) is 0 Å². The van der Waals surface area contributed by atoms with E-state index in [9.17, 15) is 14.2 Å². The van der Waals surface area contributed by atoms with E-state index in [2.05, 4.69) is 0 Å². The lowest BCUT2D eigenvalue weighted by molar-refractivity contribution is -0.119. The Morgan fingerprint density at radius 3 is 2.07 bits per heavy atom. The fourth-order valence-electron chi connectivity index (χ4n) is 0.946. The van der Waals surface area contributed by atoms with Crippen molar-refractivity contribution in [2.75, 3.05) is 0 Å². The number of carbonyl (C=O) groups is 2. The number of primary amides is 2. The van der Waals surface area contributed by atoms with Crippen LogP contribution in [-0.2, 0) is 14.2 Å². The first-order valence-electron chi connectivity index (χ1n) is 3.88. The fourth-order valence-corrected chi connectivity index (χ4v) is 1.80. The third kappa shape index (κ3) is 4.96. The van der Waals surface area contributed by atoms with Crippen molar-refractivity contribution in [1.82, 2.24) is 0 Å². The van der Waals surface area contributed by atoms with E-state index in [1.165, 1.54) is 0 Å². The molecule has 7 nitrogen and oxygen atoms in total. The van der Waals surface area contributed by atoms with E-state index >= 15 is 0 Å². The molecule has 0 bridgehead atoms. The Kier molecular flexibility index (Phi) is 4.76. The Morgan fingerprint density at radius 2 is 1.79 bits per heavy atom. The van der Waals surface area contributed by atoms with Gasteiger partial charge in [-0.05, 0) is 12.8 Å². The fraction of sp³-hybridized carbons (Fsp3) is 0.667. The predicted octanol–water partition coefficient (Wildman–Crippen LogP) is -1.33. The van der Waals surface area contributed by atoms with Crippen LogP contribution in [0.15, 0.2) is 0 Å². The molecule has 0 saturated heterocycles. The lowest BCUT2D eigenvalue weighted by Gasteiger charge is -2.13. The van der Waals surface area contributed by atoms with E-state index in [0.717, 1.165) is 0 Å². The quantitative estimate of drug-likeness (QED) is 0.413. The number of nitrogens with two attached hydrogens (primary N) is 2. The Labute approximate surface area is 80.6 Å². The second kappa shape index (κ2) is 5.09. The summed E-state index contributed by atoms with van der Waals surface area (Å²) in [5.41, 5.74) is 8.08. The third-order valence-electron chi connectivity index (χ3n) is 1.64. The van der Waals surface area contributed by atoms with Crippen molar-refractivity contribution in [3.05, 3.63) is 0 Å². The van der Waals surface area contributed by atoms with Gasteiger partial charge in [0.25, 0.3) is 0 Å². The van der Waals surface area contributed by atoms with Gasteiger partial charge in [-0.2, -0.15) is 0 Å². The van der Waals surface area contributed by atoms with E-state index in [1.54, 1.807) is 0 Å². The van der Waals surface area contributed by atoms with Crippen molar-refractivity contribution < 1.29 is 23.9 Å². The molecule has 0 rings (SSSR count). The van der Waals surface area contributed by atoms with E-state index in [0.29, 0.717) is 0 Å². The van der Waals surface area contributed by atoms with Crippen molar-refractivity contribution in [2.24, 2.45) is 11.5 Å². The Bertz CT molecular complexity index is 273. The number of hydrogen-bond donors (Lipinski definition) is 4. The number of hydrogen-bond acceptors (Lipinski definition) is 3. The van der Waals surface area contributed by atoms with Gasteiger partial charge >= 0.3 is 7.60 Å². The van der Waals surface area contributed by atoms with Crippen LogP contribution in [-0.4, -0.2) is 27.3 Å². The summed E-state index contributed by atoms with van der Waals surface area (Å²) in [6, 6.07) is 0. The highest BCUT2D eigenvalue weighted by Crippen LogP contribution is 2.43. The highest BCUT2D eigenvalue weighted by molar-refractivity contribution is 7.53. The minimum Gasteiger partial charge on any atom is -0.370 e. The summed E-state index contributed by atoms with van der Waals surface area (Å²) in [7, 11) is -4.52. The molecule has 6 N–H and O–H groups in total. The molecular formula is C6H13N2O5P. The minimum atomic E-state index is -4.52. The van der Waals surface area contributed by atoms with Gasteiger partial charge in [-0.1, -0.05) is 0 Å². The topological polar surface area (TPSA) is 144 Å². The van der Waals surface area contributed by atoms with Crippen LogP contribution in [0.25, 0.3) is 0 Å². The van der Waals surface area contributed by atoms with Crippen molar-refractivity contribution >= 4 is 19.4 Å². The molecule has 0 aliphatic heterocycles. The van der Waals surface area contributed by atoms with Gasteiger partial charge in [0.15, 0.2) is 0 Å². The maximum atomic E-state index is 10.7. The predicted molar refractivity (Wildman–Crippen MR) is 48.1 cm³/mol. The molecule has 0 spiro atoms. The van der Waals surface area contributed by atoms with Crippen LogP contribution in [0.5, 0.6) is 0 Å². The van der Waals surface area contributed by atoms with Crippen LogP contribution in [0, 0.1) is 0 Å². The van der Waals surface area contributed by atoms with Crippen LogP contribution in [0.1, 0.15) is 19.3 Å². The molecule has 0 radical (unpaired) electrons. The van der Waals surface area contributed by atoms with E-state index in [4.69, 9.17) is 21.3 Å². The Balaban J connectivity index is 4.20. The lowest BCUT2D eigenvalue weighted by Crippen LogP contribution is -2.28. The second-order valence-electron chi connectivity index (χ2n) is 2.87. The second-order valence-corrected chi connectivity index (χ2v) is 4.67. The zero-order valence-corrected chi connectivity index (χ0v) is 8.31. The van der Waals surface area contributed by atoms with Gasteiger partial charge < -0.3 is 21.3 Å². The molecule has 0 saturated carbocycles. The molecule has 0 aliphatic rings. The molecule has 0 aromatic heterocycles. The van der Waals surface area contributed by atoms with Crippen LogP contribution in [0.3, 0.4) is 0 Å². The molecule has 1 atom stereocenters. The van der Waals surface area contributed by atoms with Crippen LogP contribution in [0.2, 0.25) is 0 Å². The van der Waals surface area contributed by atoms with Gasteiger partial charge in [0.1, 0.15) is 5.66 Å². The van der Waals surface area contributed by atoms with Crippen molar-refractivity contribution in [2.45, 2.75) is 24.9 Å². The first-order valence-corrected chi connectivity index (χ1v) is 5.56. The number of rotatable bonds is 6. The first-order chi connectivity index (χ1) is 6.25. The summed E-state index contributed by atoms with van der Waals surface area (Å²) < 4.78 is 10.7. The molecule has 0 aromatic carbocycles. The molecule has 8 heteroatoms. The highest BCUT2D eigenvalue weighted by atomic mass is 31.2. The molecule has 14 heavy (non-hydrogen) atoms. The molecular weight excluding hydrogens is 211 g/mol. The Morgan fingerprint density at radius 1 is 1.29 bits per heavy atom. The van der Waals surface area contributed by atoms with Gasteiger partial charge in [0.05, 0.1) is 0 Å². The summed E-state index contributed by atoms with van der Waals surface area (Å²) in [6.45, 7) is 0. The van der Waals surface area contributed by atoms with Crippen LogP contribution >= 0.6 is 7.60 Å². The zero-order valence-electron chi connectivity index (χ0n) is 7.42. The third-order valence-corrected chi connectivity index (χ3v) is 2.96. The largest absolute Gasteiger partial charge is 0.370 e. The average Bonchev–Trinajstić information content (AvgIpc) is 1.94. The lowest BCUT2D eigenvalue weighted by atomic mass is 10.2. The Hall–Kier alpha value is -0.910. The highest BCUT2D eigenvalue weighted by Gasteiger charge is 2.33. The van der Waals surface area contributed by atoms with Gasteiger partial charge in [0.2, 0.25) is 11.8 Å². The molecule has 0 aromatic rings. The van der Waals surface area contributed by atoms with Crippen LogP contribution in [0.4, 0.5) is 0 Å². The summed E-state index contributed by atoms with van der Waals surface area (Å²) in [5, 5.41) is 0. The molecule has 0 heterocycles. The smallest absolute Gasteiger partial charge is 0.337 e. The van der Waals surface area contributed by atoms with Gasteiger partial charge in [-0.15, -0.1) is 0 Å². The summed E-state index contributed by atoms with van der Waals surface area (Å²) in [4.78, 5) is 38.4. The monoisotopic (exact) mass is 224 g/mol. The molecule has 0 aliphatic carbocycles. The van der Waals surface area contributed by atoms with E-state index < -0.39 is 25.1 Å². The SMILES string of the molecule is NC(=O)CCCC(C(N)=O)P(=O)(O)O. The maximum absolute atomic E-state index is 10.7. The summed E-state index contributed by atoms with van der Waals surface area (Å²) in [6.07, 6.45) is -0.0274. The summed E-state index contributed by atoms with van der Waals surface area (Å²) in [5.74, 6) is -1.65. The minimum absolute atomic E-state index is 0.0240. The van der Waals surface area contributed by atoms with Crippen molar-refractivity contribution in [3.8, 4) is 0 Å². The van der Waals surface area contributed by atoms with Crippen molar-refractivity contribution in [3.63, 3.8) is 0 Å². The molecule has 1 unspecified atom stereocenters.